The first-order valence-electron chi connectivity index (χ1n) is 23.0. The molecule has 2 heterocycles. The number of hydrogen-bond acceptors (Lipinski definition) is 3. The van der Waals surface area contributed by atoms with Gasteiger partial charge in [0, 0.05) is 61.2 Å². The maximum absolute atomic E-state index is 6.35. The lowest BCUT2D eigenvalue weighted by Gasteiger charge is -2.32. The van der Waals surface area contributed by atoms with Crippen molar-refractivity contribution in [2.45, 2.75) is 39.3 Å². The van der Waals surface area contributed by atoms with Crippen LogP contribution in [0.2, 0.25) is 39.3 Å². The first-order valence-corrected chi connectivity index (χ1v) is 30.0. The normalized spacial score (nSPS) is 12.1. The number of rotatable bonds is 10. The van der Waals surface area contributed by atoms with Gasteiger partial charge in [-0.2, -0.15) is 0 Å². The molecule has 11 rings (SSSR count). The number of fused-ring (bicyclic) bond motifs is 6. The Kier molecular flexibility index (Phi) is 10.2. The smallest absolute Gasteiger partial charge is 0.135 e. The van der Waals surface area contributed by atoms with Crippen LogP contribution in [-0.4, -0.2) is 20.7 Å². The molecule has 0 amide bonds. The SMILES string of the molecule is C[Si](C)(C)c1ccc(N(c2ccc(-c3ccc4oc5ccccc5c4c3)c(N(c3ccccc3)c3ccc([Si](C)(C)C)cc3)c2)c2ccc3c4ccccc4n(-c4ccccc4)c3c2)cc1. The molecule has 6 heteroatoms. The molecule has 11 aromatic rings. The van der Waals surface area contributed by atoms with E-state index in [4.69, 9.17) is 4.42 Å². The molecule has 0 radical (unpaired) electrons. The van der Waals surface area contributed by atoms with Crippen LogP contribution in [0.4, 0.5) is 34.1 Å². The summed E-state index contributed by atoms with van der Waals surface area (Å²) in [5.41, 5.74) is 14.0. The zero-order chi connectivity index (χ0) is 45.2. The molecule has 66 heavy (non-hydrogen) atoms. The molecule has 2 aromatic heterocycles. The molecule has 0 aliphatic carbocycles. The molecule has 0 saturated heterocycles. The van der Waals surface area contributed by atoms with Crippen LogP contribution in [0, 0.1) is 0 Å². The highest BCUT2D eigenvalue weighted by atomic mass is 28.3. The molecule has 0 atom stereocenters. The van der Waals surface area contributed by atoms with Crippen LogP contribution in [0.25, 0.3) is 60.6 Å². The molecule has 0 fully saturated rings. The van der Waals surface area contributed by atoms with E-state index in [9.17, 15) is 0 Å². The fourth-order valence-corrected chi connectivity index (χ4v) is 11.9. The van der Waals surface area contributed by atoms with E-state index in [0.717, 1.165) is 78.4 Å². The van der Waals surface area contributed by atoms with Gasteiger partial charge >= 0.3 is 0 Å². The van der Waals surface area contributed by atoms with Crippen molar-refractivity contribution in [2.75, 3.05) is 9.80 Å². The van der Waals surface area contributed by atoms with Gasteiger partial charge in [-0.3, -0.25) is 0 Å². The second-order valence-electron chi connectivity index (χ2n) is 19.5. The zero-order valence-corrected chi connectivity index (χ0v) is 40.5. The van der Waals surface area contributed by atoms with Crippen molar-refractivity contribution in [3.05, 3.63) is 212 Å². The maximum Gasteiger partial charge on any atom is 0.135 e. The van der Waals surface area contributed by atoms with Crippen molar-refractivity contribution in [2.24, 2.45) is 0 Å². The van der Waals surface area contributed by atoms with Gasteiger partial charge in [-0.1, -0.05) is 165 Å². The Hall–Kier alpha value is -7.39. The monoisotopic (exact) mass is 887 g/mol. The molecule has 0 aliphatic rings. The standard InChI is InChI=1S/C60H53N3OSi2/c1-65(2,3)49-32-26-45(27-33-49)61(48-31-37-53-52-21-13-15-23-56(52)63(58(53)41-48)44-19-11-8-12-20-44)47-30-36-51(42-25-38-60-55(39-42)54-22-14-16-24-59(54)64-60)57(40-47)62(43-17-9-7-10-18-43)46-28-34-50(35-29-46)66(4,5)6/h7-41H,1-6H3. The van der Waals surface area contributed by atoms with Gasteiger partial charge in [0.1, 0.15) is 11.2 Å². The van der Waals surface area contributed by atoms with E-state index >= 15 is 0 Å². The van der Waals surface area contributed by atoms with Crippen LogP contribution in [0.3, 0.4) is 0 Å². The summed E-state index contributed by atoms with van der Waals surface area (Å²) in [6, 6.07) is 78.0. The third-order valence-electron chi connectivity index (χ3n) is 13.1. The predicted molar refractivity (Wildman–Crippen MR) is 289 cm³/mol. The summed E-state index contributed by atoms with van der Waals surface area (Å²) in [6.07, 6.45) is 0. The summed E-state index contributed by atoms with van der Waals surface area (Å²) in [5.74, 6) is 0. The summed E-state index contributed by atoms with van der Waals surface area (Å²) >= 11 is 0. The minimum atomic E-state index is -1.57. The average molecular weight is 888 g/mol. The second kappa shape index (κ2) is 16.2. The summed E-state index contributed by atoms with van der Waals surface area (Å²) in [5, 5.41) is 7.55. The molecular weight excluding hydrogens is 835 g/mol. The number of para-hydroxylation sites is 4. The number of nitrogens with zero attached hydrogens (tertiary/aromatic N) is 3. The van der Waals surface area contributed by atoms with Gasteiger partial charge < -0.3 is 18.8 Å². The highest BCUT2D eigenvalue weighted by Crippen LogP contribution is 2.47. The van der Waals surface area contributed by atoms with Gasteiger partial charge in [-0.25, -0.2) is 0 Å². The molecule has 9 aromatic carbocycles. The summed E-state index contributed by atoms with van der Waals surface area (Å²) < 4.78 is 8.76. The average Bonchev–Trinajstić information content (AvgIpc) is 3.87. The zero-order valence-electron chi connectivity index (χ0n) is 38.5. The van der Waals surface area contributed by atoms with Crippen LogP contribution in [-0.2, 0) is 0 Å². The molecular formula is C60H53N3OSi2. The Morgan fingerprint density at radius 2 is 0.879 bits per heavy atom. The molecule has 322 valence electrons. The van der Waals surface area contributed by atoms with Crippen molar-refractivity contribution in [1.29, 1.82) is 0 Å². The summed E-state index contributed by atoms with van der Waals surface area (Å²) in [7, 11) is -3.13. The van der Waals surface area contributed by atoms with Crippen LogP contribution in [0.15, 0.2) is 217 Å². The first-order chi connectivity index (χ1) is 32.0. The van der Waals surface area contributed by atoms with E-state index in [1.807, 2.05) is 6.07 Å². The van der Waals surface area contributed by atoms with Gasteiger partial charge in [0.05, 0.1) is 32.9 Å². The molecule has 4 nitrogen and oxygen atoms in total. The van der Waals surface area contributed by atoms with Crippen molar-refractivity contribution in [3.8, 4) is 16.8 Å². The summed E-state index contributed by atoms with van der Waals surface area (Å²) in [4.78, 5) is 4.88. The van der Waals surface area contributed by atoms with Crippen molar-refractivity contribution < 1.29 is 4.42 Å². The van der Waals surface area contributed by atoms with Crippen LogP contribution < -0.4 is 20.2 Å². The highest BCUT2D eigenvalue weighted by molar-refractivity contribution is 6.89. The van der Waals surface area contributed by atoms with Crippen molar-refractivity contribution >= 4 is 104 Å². The fraction of sp³-hybridized carbons (Fsp3) is 0.100. The Balaban J connectivity index is 1.18. The third kappa shape index (κ3) is 7.42. The van der Waals surface area contributed by atoms with E-state index in [-0.39, 0.29) is 0 Å². The number of aromatic nitrogens is 1. The molecule has 0 bridgehead atoms. The van der Waals surface area contributed by atoms with Gasteiger partial charge in [0.2, 0.25) is 0 Å². The number of anilines is 6. The quantitative estimate of drug-likeness (QED) is 0.128. The lowest BCUT2D eigenvalue weighted by Crippen LogP contribution is -2.37. The molecule has 0 spiro atoms. The molecule has 0 aliphatic heterocycles. The minimum absolute atomic E-state index is 0.885. The second-order valence-corrected chi connectivity index (χ2v) is 29.7. The Labute approximate surface area is 389 Å². The lowest BCUT2D eigenvalue weighted by atomic mass is 9.98. The molecule has 0 N–H and O–H groups in total. The lowest BCUT2D eigenvalue weighted by molar-refractivity contribution is 0.669. The van der Waals surface area contributed by atoms with Crippen molar-refractivity contribution in [3.63, 3.8) is 0 Å². The Morgan fingerprint density at radius 1 is 0.364 bits per heavy atom. The van der Waals surface area contributed by atoms with Crippen LogP contribution in [0.5, 0.6) is 0 Å². The van der Waals surface area contributed by atoms with Gasteiger partial charge in [-0.05, 0) is 103 Å². The number of furan rings is 1. The predicted octanol–water partition coefficient (Wildman–Crippen LogP) is 16.4. The van der Waals surface area contributed by atoms with E-state index in [0.29, 0.717) is 0 Å². The molecule has 0 unspecified atom stereocenters. The third-order valence-corrected chi connectivity index (χ3v) is 17.2. The number of benzene rings is 9. The van der Waals surface area contributed by atoms with Gasteiger partial charge in [0.25, 0.3) is 0 Å². The Morgan fingerprint density at radius 3 is 1.56 bits per heavy atom. The molecule has 0 saturated carbocycles. The van der Waals surface area contributed by atoms with Gasteiger partial charge in [0.15, 0.2) is 0 Å². The minimum Gasteiger partial charge on any atom is -0.456 e. The highest BCUT2D eigenvalue weighted by Gasteiger charge is 2.25. The van der Waals surface area contributed by atoms with E-state index < -0.39 is 16.1 Å². The van der Waals surface area contributed by atoms with E-state index in [1.54, 1.807) is 0 Å². The largest absolute Gasteiger partial charge is 0.456 e. The van der Waals surface area contributed by atoms with Crippen LogP contribution in [0.1, 0.15) is 0 Å². The van der Waals surface area contributed by atoms with Crippen LogP contribution >= 0.6 is 0 Å². The summed E-state index contributed by atoms with van der Waals surface area (Å²) in [6.45, 7) is 14.5. The number of hydrogen-bond donors (Lipinski definition) is 0. The topological polar surface area (TPSA) is 24.6 Å². The van der Waals surface area contributed by atoms with E-state index in [2.05, 4.69) is 260 Å². The van der Waals surface area contributed by atoms with Crippen molar-refractivity contribution in [1.82, 2.24) is 4.57 Å². The Bertz CT molecular complexity index is 3540. The first kappa shape index (κ1) is 41.3. The van der Waals surface area contributed by atoms with Gasteiger partial charge in [-0.15, -0.1) is 0 Å². The maximum atomic E-state index is 6.35. The fourth-order valence-electron chi connectivity index (χ4n) is 9.61. The van der Waals surface area contributed by atoms with E-state index in [1.165, 1.54) is 26.7 Å².